The Balaban J connectivity index is 2.01. The zero-order chi connectivity index (χ0) is 15.3. The smallest absolute Gasteiger partial charge is 0.0410 e. The number of pyridine rings is 1. The molecular formula is C18H29BrN2. The lowest BCUT2D eigenvalue weighted by Gasteiger charge is -2.30. The van der Waals surface area contributed by atoms with E-state index in [9.17, 15) is 0 Å². The summed E-state index contributed by atoms with van der Waals surface area (Å²) in [6.45, 7) is 7.93. The highest BCUT2D eigenvalue weighted by Crippen LogP contribution is 2.31. The van der Waals surface area contributed by atoms with Crippen molar-refractivity contribution in [3.05, 3.63) is 28.5 Å². The van der Waals surface area contributed by atoms with Gasteiger partial charge in [0.2, 0.25) is 0 Å². The van der Waals surface area contributed by atoms with Crippen LogP contribution in [0.15, 0.2) is 22.9 Å². The molecule has 3 heteroatoms. The van der Waals surface area contributed by atoms with Crippen LogP contribution in [-0.4, -0.2) is 17.1 Å². The Bertz CT molecular complexity index is 439. The molecule has 0 spiro atoms. The first-order valence-electron chi connectivity index (χ1n) is 8.28. The first kappa shape index (κ1) is 17.0. The summed E-state index contributed by atoms with van der Waals surface area (Å²) in [6, 6.07) is 2.23. The van der Waals surface area contributed by atoms with Crippen molar-refractivity contribution in [2.24, 2.45) is 11.8 Å². The summed E-state index contributed by atoms with van der Waals surface area (Å²) in [5.41, 5.74) is 1.59. The summed E-state index contributed by atoms with van der Waals surface area (Å²) < 4.78 is 1.10. The third-order valence-electron chi connectivity index (χ3n) is 4.47. The number of hydrogen-bond acceptors (Lipinski definition) is 2. The number of rotatable bonds is 4. The Morgan fingerprint density at radius 1 is 1.14 bits per heavy atom. The van der Waals surface area contributed by atoms with Crippen LogP contribution in [0.2, 0.25) is 0 Å². The van der Waals surface area contributed by atoms with Gasteiger partial charge >= 0.3 is 0 Å². The van der Waals surface area contributed by atoms with Crippen LogP contribution in [0.5, 0.6) is 0 Å². The zero-order valence-corrected chi connectivity index (χ0v) is 15.2. The Morgan fingerprint density at radius 2 is 1.86 bits per heavy atom. The van der Waals surface area contributed by atoms with Crippen LogP contribution in [0.3, 0.4) is 0 Å². The van der Waals surface area contributed by atoms with E-state index < -0.39 is 0 Å². The maximum absolute atomic E-state index is 4.32. The first-order chi connectivity index (χ1) is 9.94. The number of nitrogens with zero attached hydrogens (tertiary/aromatic N) is 1. The third kappa shape index (κ3) is 6.07. The van der Waals surface area contributed by atoms with Gasteiger partial charge in [0.25, 0.3) is 0 Å². The topological polar surface area (TPSA) is 24.9 Å². The van der Waals surface area contributed by atoms with Crippen molar-refractivity contribution in [3.63, 3.8) is 0 Å². The fourth-order valence-electron chi connectivity index (χ4n) is 3.31. The Labute approximate surface area is 138 Å². The normalized spacial score (nSPS) is 23.8. The fraction of sp³-hybridized carbons (Fsp3) is 0.722. The number of nitrogens with one attached hydrogen (secondary N) is 1. The molecule has 0 saturated heterocycles. The van der Waals surface area contributed by atoms with Gasteiger partial charge in [-0.1, -0.05) is 19.3 Å². The summed E-state index contributed by atoms with van der Waals surface area (Å²) in [5, 5.41) is 3.72. The number of halogens is 1. The monoisotopic (exact) mass is 352 g/mol. The summed E-state index contributed by atoms with van der Waals surface area (Å²) in [6.07, 6.45) is 12.0. The molecule has 0 amide bonds. The first-order valence-corrected chi connectivity index (χ1v) is 9.08. The van der Waals surface area contributed by atoms with Crippen molar-refractivity contribution >= 4 is 15.9 Å². The molecule has 0 aliphatic heterocycles. The van der Waals surface area contributed by atoms with E-state index in [1.807, 2.05) is 12.4 Å². The van der Waals surface area contributed by atoms with Gasteiger partial charge in [0, 0.05) is 22.4 Å². The Morgan fingerprint density at radius 3 is 2.52 bits per heavy atom. The second-order valence-electron chi connectivity index (χ2n) is 7.50. The molecule has 1 aromatic heterocycles. The highest BCUT2D eigenvalue weighted by Gasteiger charge is 2.25. The van der Waals surface area contributed by atoms with Gasteiger partial charge in [0.15, 0.2) is 0 Å². The molecule has 2 nitrogen and oxygen atoms in total. The maximum atomic E-state index is 4.32. The second kappa shape index (κ2) is 7.73. The van der Waals surface area contributed by atoms with Crippen molar-refractivity contribution < 1.29 is 0 Å². The maximum Gasteiger partial charge on any atom is 0.0410 e. The summed E-state index contributed by atoms with van der Waals surface area (Å²) >= 11 is 3.54. The van der Waals surface area contributed by atoms with Crippen LogP contribution >= 0.6 is 15.9 Å². The van der Waals surface area contributed by atoms with Crippen LogP contribution in [0.4, 0.5) is 0 Å². The van der Waals surface area contributed by atoms with E-state index in [1.165, 1.54) is 44.1 Å². The van der Waals surface area contributed by atoms with Gasteiger partial charge in [0.1, 0.15) is 0 Å². The van der Waals surface area contributed by atoms with E-state index in [0.29, 0.717) is 0 Å². The molecule has 1 heterocycles. The molecule has 1 fully saturated rings. The molecule has 2 atom stereocenters. The zero-order valence-electron chi connectivity index (χ0n) is 13.7. The van der Waals surface area contributed by atoms with E-state index >= 15 is 0 Å². The van der Waals surface area contributed by atoms with E-state index in [4.69, 9.17) is 0 Å². The van der Waals surface area contributed by atoms with Crippen LogP contribution in [0.1, 0.15) is 58.4 Å². The van der Waals surface area contributed by atoms with Gasteiger partial charge in [-0.15, -0.1) is 0 Å². The molecule has 1 saturated carbocycles. The lowest BCUT2D eigenvalue weighted by atomic mass is 9.83. The van der Waals surface area contributed by atoms with E-state index in [2.05, 4.69) is 53.1 Å². The molecule has 0 aromatic carbocycles. The second-order valence-corrected chi connectivity index (χ2v) is 8.42. The van der Waals surface area contributed by atoms with E-state index in [0.717, 1.165) is 22.9 Å². The molecule has 2 unspecified atom stereocenters. The van der Waals surface area contributed by atoms with Crippen LogP contribution in [0, 0.1) is 11.8 Å². The average Bonchev–Trinajstić information content (AvgIpc) is 2.61. The third-order valence-corrected chi connectivity index (χ3v) is 4.90. The van der Waals surface area contributed by atoms with Gasteiger partial charge in [-0.2, -0.15) is 0 Å². The summed E-state index contributed by atoms with van der Waals surface area (Å²) in [7, 11) is 0. The molecule has 118 valence electrons. The quantitative estimate of drug-likeness (QED) is 0.773. The molecule has 0 bridgehead atoms. The highest BCUT2D eigenvalue weighted by atomic mass is 79.9. The van der Waals surface area contributed by atoms with Crippen molar-refractivity contribution in [2.45, 2.75) is 64.8 Å². The SMILES string of the molecule is CC(C)(C)NCC1CCCCCC1Cc1cncc(Br)c1. The average molecular weight is 353 g/mol. The van der Waals surface area contributed by atoms with Gasteiger partial charge < -0.3 is 5.32 Å². The predicted octanol–water partition coefficient (Wildman–Crippen LogP) is 4.97. The summed E-state index contributed by atoms with van der Waals surface area (Å²) in [5.74, 6) is 1.59. The predicted molar refractivity (Wildman–Crippen MR) is 93.5 cm³/mol. The Kier molecular flexibility index (Phi) is 6.24. The van der Waals surface area contributed by atoms with Gasteiger partial charge in [-0.25, -0.2) is 0 Å². The molecular weight excluding hydrogens is 324 g/mol. The van der Waals surface area contributed by atoms with Crippen molar-refractivity contribution in [2.75, 3.05) is 6.54 Å². The van der Waals surface area contributed by atoms with Gasteiger partial charge in [0.05, 0.1) is 0 Å². The van der Waals surface area contributed by atoms with Crippen molar-refractivity contribution in [1.82, 2.24) is 10.3 Å². The Hall–Kier alpha value is -0.410. The molecule has 2 rings (SSSR count). The number of hydrogen-bond donors (Lipinski definition) is 1. The molecule has 21 heavy (non-hydrogen) atoms. The van der Waals surface area contributed by atoms with Gasteiger partial charge in [-0.3, -0.25) is 4.98 Å². The molecule has 1 N–H and O–H groups in total. The fourth-order valence-corrected chi connectivity index (χ4v) is 3.72. The minimum atomic E-state index is 0.216. The molecule has 1 aliphatic carbocycles. The minimum absolute atomic E-state index is 0.216. The molecule has 1 aromatic rings. The lowest BCUT2D eigenvalue weighted by molar-refractivity contribution is 0.269. The van der Waals surface area contributed by atoms with Crippen molar-refractivity contribution in [3.8, 4) is 0 Å². The number of aromatic nitrogens is 1. The molecule has 1 aliphatic rings. The van der Waals surface area contributed by atoms with Crippen LogP contribution in [0.25, 0.3) is 0 Å². The van der Waals surface area contributed by atoms with E-state index in [-0.39, 0.29) is 5.54 Å². The minimum Gasteiger partial charge on any atom is -0.312 e. The van der Waals surface area contributed by atoms with E-state index in [1.54, 1.807) is 0 Å². The van der Waals surface area contributed by atoms with Crippen LogP contribution < -0.4 is 5.32 Å². The highest BCUT2D eigenvalue weighted by molar-refractivity contribution is 9.10. The standard InChI is InChI=1S/C18H29BrN2/c1-18(2,3)21-12-16-8-6-4-5-7-15(16)9-14-10-17(19)13-20-11-14/h10-11,13,15-16,21H,4-9,12H2,1-3H3. The van der Waals surface area contributed by atoms with Gasteiger partial charge in [-0.05, 0) is 86.0 Å². The van der Waals surface area contributed by atoms with Crippen molar-refractivity contribution in [1.29, 1.82) is 0 Å². The lowest BCUT2D eigenvalue weighted by Crippen LogP contribution is -2.40. The molecule has 0 radical (unpaired) electrons. The summed E-state index contributed by atoms with van der Waals surface area (Å²) in [4.78, 5) is 4.32. The van der Waals surface area contributed by atoms with Crippen LogP contribution in [-0.2, 0) is 6.42 Å². The largest absolute Gasteiger partial charge is 0.312 e.